The molecule has 0 radical (unpaired) electrons. The Labute approximate surface area is 257 Å². The Kier molecular flexibility index (Phi) is 12.0. The molecule has 0 saturated carbocycles. The molecule has 34 heavy (non-hydrogen) atoms. The van der Waals surface area contributed by atoms with E-state index in [1.807, 2.05) is 0 Å². The zero-order valence-electron chi connectivity index (χ0n) is 16.5. The first-order valence-corrected chi connectivity index (χ1v) is 18.6. The number of hydrogen-bond donors (Lipinski definition) is 0. The molecule has 0 aromatic heterocycles. The zero-order chi connectivity index (χ0) is 26.8. The molecule has 2 aromatic rings. The van der Waals surface area contributed by atoms with Crippen molar-refractivity contribution in [1.29, 1.82) is 5.26 Å². The second-order valence-electron chi connectivity index (χ2n) is 6.18. The molecule has 17 heteroatoms. The molecule has 188 valence electrons. The fourth-order valence-corrected chi connectivity index (χ4v) is 8.81. The monoisotopic (exact) mass is 974 g/mol. The molecule has 0 heterocycles. The van der Waals surface area contributed by atoms with Crippen LogP contribution < -0.4 is 0 Å². The minimum Gasteiger partial charge on any atom is -0.222 e. The largest absolute Gasteiger partial charge is 0.270 e. The molecule has 0 unspecified atom stereocenters. The molecule has 0 bridgehead atoms. The van der Waals surface area contributed by atoms with Crippen LogP contribution in [0.25, 0.3) is 0 Å². The molecule has 0 atom stereocenters. The number of halogens is 7. The predicted octanol–water partition coefficient (Wildman–Crippen LogP) is 6.84. The van der Waals surface area contributed by atoms with Crippen molar-refractivity contribution < 1.29 is 25.3 Å². The van der Waals surface area contributed by atoms with E-state index in [0.717, 1.165) is 11.6 Å². The van der Waals surface area contributed by atoms with Crippen molar-refractivity contribution in [3.05, 3.63) is 54.1 Å². The third-order valence-electron chi connectivity index (χ3n) is 3.75. The summed E-state index contributed by atoms with van der Waals surface area (Å²) in [7, 11) is -11.3. The zero-order valence-corrected chi connectivity index (χ0v) is 30.0. The van der Waals surface area contributed by atoms with Crippen LogP contribution in [0.2, 0.25) is 0 Å². The van der Waals surface area contributed by atoms with Gasteiger partial charge in [0.15, 0.2) is 3.07 Å². The van der Waals surface area contributed by atoms with Gasteiger partial charge in [0, 0.05) is 0 Å². The second kappa shape index (κ2) is 12.3. The highest BCUT2D eigenvalue weighted by atomic mass is 80.0. The quantitative estimate of drug-likeness (QED) is 0.301. The Morgan fingerprint density at radius 1 is 0.765 bits per heavy atom. The average molecular weight is 982 g/mol. The van der Waals surface area contributed by atoms with Gasteiger partial charge in [-0.15, -0.1) is 0 Å². The molecule has 0 spiro atoms. The van der Waals surface area contributed by atoms with Gasteiger partial charge in [-0.25, -0.2) is 25.3 Å². The first-order valence-electron chi connectivity index (χ1n) is 8.25. The molecule has 7 nitrogen and oxygen atoms in total. The molecule has 0 aliphatic carbocycles. The van der Waals surface area contributed by atoms with E-state index >= 15 is 0 Å². The van der Waals surface area contributed by atoms with Crippen molar-refractivity contribution in [2.24, 2.45) is 0 Å². The van der Waals surface area contributed by atoms with E-state index in [2.05, 4.69) is 112 Å². The number of sulfone groups is 3. The van der Waals surface area contributed by atoms with Gasteiger partial charge in [-0.05, 0) is 122 Å². The molecule has 0 aliphatic heterocycles. The lowest BCUT2D eigenvalue weighted by molar-refractivity contribution is 0.594. The number of benzene rings is 2. The van der Waals surface area contributed by atoms with Gasteiger partial charge in [0.05, 0.1) is 14.7 Å². The van der Waals surface area contributed by atoms with Gasteiger partial charge < -0.3 is 0 Å². The summed E-state index contributed by atoms with van der Waals surface area (Å²) in [5, 5.41) is 8.74. The van der Waals surface area contributed by atoms with Crippen LogP contribution >= 0.6 is 112 Å². The number of nitrogens with zero attached hydrogens (tertiary/aromatic N) is 1. The van der Waals surface area contributed by atoms with E-state index in [4.69, 9.17) is 5.26 Å². The van der Waals surface area contributed by atoms with Crippen molar-refractivity contribution in [1.82, 2.24) is 0 Å². The smallest absolute Gasteiger partial charge is 0.222 e. The number of nitriles is 1. The molecule has 0 aliphatic rings. The first kappa shape index (κ1) is 33.2. The minimum atomic E-state index is -3.83. The topological polar surface area (TPSA) is 126 Å². The van der Waals surface area contributed by atoms with Gasteiger partial charge in [-0.1, -0.05) is 50.1 Å². The highest BCUT2D eigenvalue weighted by Gasteiger charge is 2.40. The Balaban J connectivity index is 0.000000350. The average Bonchev–Trinajstić information content (AvgIpc) is 2.73. The van der Waals surface area contributed by atoms with Crippen LogP contribution in [0.1, 0.15) is 5.56 Å². The second-order valence-corrected chi connectivity index (χ2v) is 29.5. The third kappa shape index (κ3) is 7.83. The summed E-state index contributed by atoms with van der Waals surface area (Å²) >= 11 is 20.2. The summed E-state index contributed by atoms with van der Waals surface area (Å²) in [6.07, 6.45) is 0. The molecule has 0 fully saturated rings. The van der Waals surface area contributed by atoms with Crippen LogP contribution in [0.5, 0.6) is 0 Å². The van der Waals surface area contributed by atoms with Crippen LogP contribution in [-0.2, 0) is 29.5 Å². The van der Waals surface area contributed by atoms with Crippen molar-refractivity contribution >= 4 is 141 Å². The fourth-order valence-electron chi connectivity index (χ4n) is 2.05. The van der Waals surface area contributed by atoms with Crippen molar-refractivity contribution in [2.75, 3.05) is 0 Å². The maximum absolute atomic E-state index is 12.1. The highest BCUT2D eigenvalue weighted by molar-refractivity contribution is 9.42. The number of aryl methyl sites for hydroxylation is 1. The molecule has 2 aromatic carbocycles. The molecule has 0 amide bonds. The normalized spacial score (nSPS) is 13.1. The maximum atomic E-state index is 12.1. The van der Waals surface area contributed by atoms with Gasteiger partial charge >= 0.3 is 0 Å². The Morgan fingerprint density at radius 3 is 1.62 bits per heavy atom. The van der Waals surface area contributed by atoms with E-state index in [1.165, 1.54) is 30.3 Å². The number of hydrogen-bond acceptors (Lipinski definition) is 7. The van der Waals surface area contributed by atoms with Gasteiger partial charge in [0.25, 0.3) is 2.57 Å². The van der Waals surface area contributed by atoms with E-state index in [0.29, 0.717) is 0 Å². The van der Waals surface area contributed by atoms with Gasteiger partial charge in [-0.2, -0.15) is 5.26 Å². The number of rotatable bonds is 5. The molecule has 0 saturated heterocycles. The van der Waals surface area contributed by atoms with Gasteiger partial charge in [-0.3, -0.25) is 0 Å². The summed E-state index contributed by atoms with van der Waals surface area (Å²) in [5.74, 6) is 0. The fraction of sp³-hybridized carbons (Fsp3) is 0.235. The maximum Gasteiger partial charge on any atom is 0.270 e. The molecule has 2 rings (SSSR count). The first-order chi connectivity index (χ1) is 15.2. The van der Waals surface area contributed by atoms with E-state index in [1.54, 1.807) is 25.1 Å². The lowest BCUT2D eigenvalue weighted by Crippen LogP contribution is -2.23. The summed E-state index contributed by atoms with van der Waals surface area (Å²) in [6.45, 7) is 1.79. The summed E-state index contributed by atoms with van der Waals surface area (Å²) in [5.41, 5.74) is 0.824. The van der Waals surface area contributed by atoms with Crippen LogP contribution in [-0.4, -0.2) is 32.4 Å². The van der Waals surface area contributed by atoms with Crippen molar-refractivity contribution in [3.63, 3.8) is 0 Å². The molecule has 0 N–H and O–H groups in total. The Hall–Kier alpha value is 1.14. The number of alkyl halides is 7. The summed E-state index contributed by atoms with van der Waals surface area (Å²) in [6, 6.07) is 13.1. The van der Waals surface area contributed by atoms with Crippen LogP contribution in [0.4, 0.5) is 0 Å². The molecular formula is C17H12Br7NO6S3. The van der Waals surface area contributed by atoms with Crippen LogP contribution in [0.15, 0.2) is 63.2 Å². The highest BCUT2D eigenvalue weighted by Crippen LogP contribution is 2.43. The summed E-state index contributed by atoms with van der Waals surface area (Å²) < 4.78 is 67.7. The summed E-state index contributed by atoms with van der Waals surface area (Å²) in [4.78, 5) is -0.137. The Bertz CT molecular complexity index is 1410. The van der Waals surface area contributed by atoms with E-state index < -0.39 is 36.6 Å². The van der Waals surface area contributed by atoms with E-state index in [9.17, 15) is 25.3 Å². The van der Waals surface area contributed by atoms with E-state index in [-0.39, 0.29) is 14.7 Å². The van der Waals surface area contributed by atoms with Gasteiger partial charge in [0.2, 0.25) is 31.0 Å². The van der Waals surface area contributed by atoms with Crippen LogP contribution in [0.3, 0.4) is 0 Å². The lowest BCUT2D eigenvalue weighted by Gasteiger charge is -2.14. The third-order valence-corrected chi connectivity index (χ3v) is 18.0. The predicted molar refractivity (Wildman–Crippen MR) is 157 cm³/mol. The Morgan fingerprint density at radius 2 is 1.21 bits per heavy atom. The van der Waals surface area contributed by atoms with Crippen LogP contribution in [0, 0.1) is 18.3 Å². The lowest BCUT2D eigenvalue weighted by atomic mass is 10.2. The molecular weight excluding hydrogens is 970 g/mol. The van der Waals surface area contributed by atoms with Crippen molar-refractivity contribution in [2.45, 2.75) is 28.7 Å². The minimum absolute atomic E-state index is 0.107. The van der Waals surface area contributed by atoms with Crippen molar-refractivity contribution in [3.8, 4) is 6.07 Å². The standard InChI is InChI=1S/C9H7Br2NO2S.C8H5Br5O4S2/c1-7-3-2-4-8(5-7)15(13,14)9(10,11)6-12;9-7(10)18(14,15)5-2-1-3-6(4-5)19(16,17)8(11,12)13/h2-5H,1H3;1-4,7H. The van der Waals surface area contributed by atoms with Gasteiger partial charge in [0.1, 0.15) is 6.07 Å². The SMILES string of the molecule is Cc1cccc(S(=O)(=O)C(Br)(Br)C#N)c1.O=S(=O)(c1cccc(S(=O)(=O)C(Br)(Br)Br)c1)C(Br)Br.